The number of nitrogens with two attached hydrogens (primary N) is 1. The number of ether oxygens (including phenoxy) is 1. The fourth-order valence-corrected chi connectivity index (χ4v) is 4.90. The minimum atomic E-state index is -0.493. The highest BCUT2D eigenvalue weighted by Crippen LogP contribution is 2.39. The minimum Gasteiger partial charge on any atom is -0.493 e. The molecule has 3 fully saturated rings. The van der Waals surface area contributed by atoms with E-state index in [0.29, 0.717) is 24.6 Å². The van der Waals surface area contributed by atoms with Gasteiger partial charge in [-0.1, -0.05) is 12.1 Å². The maximum absolute atomic E-state index is 14.3. The van der Waals surface area contributed by atoms with Crippen LogP contribution in [-0.4, -0.2) is 29.6 Å². The zero-order valence-electron chi connectivity index (χ0n) is 16.5. The third-order valence-corrected chi connectivity index (χ3v) is 6.71. The molecule has 5 heteroatoms. The van der Waals surface area contributed by atoms with Crippen molar-refractivity contribution in [2.24, 2.45) is 11.7 Å². The lowest BCUT2D eigenvalue weighted by Gasteiger charge is -2.23. The molecule has 2 aliphatic heterocycles. The Morgan fingerprint density at radius 1 is 1.14 bits per heavy atom. The molecule has 150 valence electrons. The van der Waals surface area contributed by atoms with Gasteiger partial charge < -0.3 is 10.5 Å². The third-order valence-electron chi connectivity index (χ3n) is 6.71. The summed E-state index contributed by atoms with van der Waals surface area (Å²) < 4.78 is 20.4. The van der Waals surface area contributed by atoms with E-state index in [-0.39, 0.29) is 11.6 Å². The predicted octanol–water partition coefficient (Wildman–Crippen LogP) is 4.22. The molecule has 0 unspecified atom stereocenters. The summed E-state index contributed by atoms with van der Waals surface area (Å²) in [6.45, 7) is 1.56. The van der Waals surface area contributed by atoms with Gasteiger partial charge in [0.25, 0.3) is 0 Å². The first-order valence-electron chi connectivity index (χ1n) is 10.6. The first kappa shape index (κ1) is 18.6. The molecule has 0 spiro atoms. The van der Waals surface area contributed by atoms with Crippen molar-refractivity contribution in [2.75, 3.05) is 6.61 Å². The van der Waals surface area contributed by atoms with Gasteiger partial charge in [-0.15, -0.1) is 0 Å². The van der Waals surface area contributed by atoms with Crippen molar-refractivity contribution in [3.63, 3.8) is 0 Å². The maximum atomic E-state index is 14.3. The summed E-state index contributed by atoms with van der Waals surface area (Å²) in [6, 6.07) is 14.3. The Hall–Kier alpha value is -2.42. The lowest BCUT2D eigenvalue weighted by molar-refractivity contribution is 0.239. The molecule has 4 nitrogen and oxygen atoms in total. The van der Waals surface area contributed by atoms with E-state index >= 15 is 0 Å². The average molecular weight is 391 g/mol. The van der Waals surface area contributed by atoms with Crippen LogP contribution in [0.2, 0.25) is 0 Å². The molecule has 5 rings (SSSR count). The molecule has 2 N–H and O–H groups in total. The smallest absolute Gasteiger partial charge is 0.141 e. The van der Waals surface area contributed by atoms with E-state index in [0.717, 1.165) is 29.8 Å². The van der Waals surface area contributed by atoms with Crippen LogP contribution in [0.5, 0.6) is 5.75 Å². The quantitative estimate of drug-likeness (QED) is 0.801. The summed E-state index contributed by atoms with van der Waals surface area (Å²) in [5.41, 5.74) is 9.19. The summed E-state index contributed by atoms with van der Waals surface area (Å²) in [6.07, 6.45) is 5.94. The fourth-order valence-electron chi connectivity index (χ4n) is 4.90. The molecule has 0 aromatic heterocycles. The molecule has 2 saturated heterocycles. The van der Waals surface area contributed by atoms with Crippen molar-refractivity contribution in [3.05, 3.63) is 53.3 Å². The molecule has 2 aromatic rings. The van der Waals surface area contributed by atoms with Gasteiger partial charge in [0.15, 0.2) is 0 Å². The van der Waals surface area contributed by atoms with Crippen LogP contribution in [-0.2, 0) is 6.54 Å². The van der Waals surface area contributed by atoms with Gasteiger partial charge in [-0.2, -0.15) is 5.26 Å². The normalized spacial score (nSPS) is 25.9. The van der Waals surface area contributed by atoms with Crippen LogP contribution in [0.25, 0.3) is 11.1 Å². The van der Waals surface area contributed by atoms with E-state index in [1.807, 2.05) is 12.1 Å². The highest BCUT2D eigenvalue weighted by Gasteiger charge is 2.44. The van der Waals surface area contributed by atoms with Gasteiger partial charge in [0.1, 0.15) is 17.6 Å². The van der Waals surface area contributed by atoms with Crippen LogP contribution in [0.3, 0.4) is 0 Å². The largest absolute Gasteiger partial charge is 0.493 e. The fraction of sp³-hybridized carbons (Fsp3) is 0.458. The number of halogens is 1. The number of hydrogen-bond acceptors (Lipinski definition) is 4. The number of rotatable bonds is 6. The van der Waals surface area contributed by atoms with Crippen molar-refractivity contribution in [2.45, 2.75) is 56.8 Å². The van der Waals surface area contributed by atoms with Crippen molar-refractivity contribution in [1.29, 1.82) is 5.26 Å². The van der Waals surface area contributed by atoms with E-state index in [2.05, 4.69) is 17.0 Å². The SMILES string of the molecule is N#Cc1ccc(-c2cc(CN3[C@@H]4CC[C@H]3[C@@H](N)C4)ccc2OCC2CC2)cc1F. The predicted molar refractivity (Wildman–Crippen MR) is 110 cm³/mol. The molecular formula is C24H26FN3O. The third kappa shape index (κ3) is 3.63. The Kier molecular flexibility index (Phi) is 4.77. The van der Waals surface area contributed by atoms with Gasteiger partial charge in [0, 0.05) is 30.2 Å². The van der Waals surface area contributed by atoms with Gasteiger partial charge in [-0.05, 0) is 73.4 Å². The second-order valence-corrected chi connectivity index (χ2v) is 8.76. The topological polar surface area (TPSA) is 62.3 Å². The van der Waals surface area contributed by atoms with E-state index < -0.39 is 5.82 Å². The summed E-state index contributed by atoms with van der Waals surface area (Å²) in [4.78, 5) is 2.54. The number of nitrogens with zero attached hydrogens (tertiary/aromatic N) is 2. The van der Waals surface area contributed by atoms with E-state index in [1.165, 1.54) is 37.3 Å². The Bertz CT molecular complexity index is 965. The second-order valence-electron chi connectivity index (χ2n) is 8.76. The Balaban J connectivity index is 1.45. The van der Waals surface area contributed by atoms with Crippen molar-refractivity contribution >= 4 is 0 Å². The summed E-state index contributed by atoms with van der Waals surface area (Å²) in [5, 5.41) is 9.04. The zero-order valence-corrected chi connectivity index (χ0v) is 16.5. The lowest BCUT2D eigenvalue weighted by Crippen LogP contribution is -2.36. The van der Waals surface area contributed by atoms with E-state index in [4.69, 9.17) is 15.7 Å². The van der Waals surface area contributed by atoms with Gasteiger partial charge in [-0.25, -0.2) is 4.39 Å². The minimum absolute atomic E-state index is 0.0629. The second kappa shape index (κ2) is 7.44. The highest BCUT2D eigenvalue weighted by molar-refractivity contribution is 5.72. The highest BCUT2D eigenvalue weighted by atomic mass is 19.1. The molecule has 0 radical (unpaired) electrons. The Labute approximate surface area is 171 Å². The zero-order chi connectivity index (χ0) is 20.0. The first-order valence-corrected chi connectivity index (χ1v) is 10.6. The first-order chi connectivity index (χ1) is 14.1. The number of fused-ring (bicyclic) bond motifs is 2. The van der Waals surface area contributed by atoms with Gasteiger partial charge in [-0.3, -0.25) is 4.90 Å². The molecule has 2 bridgehead atoms. The molecule has 3 atom stereocenters. The monoisotopic (exact) mass is 391 g/mol. The summed E-state index contributed by atoms with van der Waals surface area (Å²) in [7, 11) is 0. The van der Waals surface area contributed by atoms with Crippen LogP contribution >= 0.6 is 0 Å². The van der Waals surface area contributed by atoms with Crippen LogP contribution in [0.4, 0.5) is 4.39 Å². The van der Waals surface area contributed by atoms with Crippen molar-refractivity contribution in [1.82, 2.24) is 4.90 Å². The van der Waals surface area contributed by atoms with Crippen molar-refractivity contribution < 1.29 is 9.13 Å². The van der Waals surface area contributed by atoms with E-state index in [1.54, 1.807) is 12.1 Å². The van der Waals surface area contributed by atoms with Gasteiger partial charge >= 0.3 is 0 Å². The van der Waals surface area contributed by atoms with E-state index in [9.17, 15) is 4.39 Å². The number of nitriles is 1. The lowest BCUT2D eigenvalue weighted by atomic mass is 9.96. The molecule has 2 heterocycles. The molecule has 1 saturated carbocycles. The van der Waals surface area contributed by atoms with Gasteiger partial charge in [0.2, 0.25) is 0 Å². The molecule has 3 aliphatic rings. The standard InChI is InChI=1S/C24H26FN3O/c25-21-10-17(4-5-18(21)12-26)20-9-16(3-8-24(20)29-14-15-1-2-15)13-28-19-6-7-23(28)22(27)11-19/h3-5,8-10,15,19,22-23H,1-2,6-7,11,13-14,27H2/t19-,22+,23+/m1/s1. The Morgan fingerprint density at radius 2 is 2.00 bits per heavy atom. The van der Waals surface area contributed by atoms with Crippen LogP contribution in [0.1, 0.15) is 43.2 Å². The number of hydrogen-bond donors (Lipinski definition) is 1. The van der Waals surface area contributed by atoms with Crippen LogP contribution < -0.4 is 10.5 Å². The molecular weight excluding hydrogens is 365 g/mol. The Morgan fingerprint density at radius 3 is 2.66 bits per heavy atom. The molecule has 2 aromatic carbocycles. The summed E-state index contributed by atoms with van der Waals surface area (Å²) in [5.74, 6) is 0.930. The maximum Gasteiger partial charge on any atom is 0.141 e. The van der Waals surface area contributed by atoms with Crippen LogP contribution in [0, 0.1) is 23.1 Å². The average Bonchev–Trinajstić information content (AvgIpc) is 3.42. The number of benzene rings is 2. The molecule has 29 heavy (non-hydrogen) atoms. The van der Waals surface area contributed by atoms with Gasteiger partial charge in [0.05, 0.1) is 12.2 Å². The molecule has 1 aliphatic carbocycles. The molecule has 0 amide bonds. The summed E-state index contributed by atoms with van der Waals surface area (Å²) >= 11 is 0. The van der Waals surface area contributed by atoms with Crippen molar-refractivity contribution in [3.8, 4) is 22.9 Å². The van der Waals surface area contributed by atoms with Crippen LogP contribution in [0.15, 0.2) is 36.4 Å².